The van der Waals surface area contributed by atoms with E-state index < -0.39 is 0 Å². The molecule has 0 unspecified atom stereocenters. The van der Waals surface area contributed by atoms with Gasteiger partial charge in [-0.3, -0.25) is 4.79 Å². The van der Waals surface area contributed by atoms with Crippen molar-refractivity contribution in [3.05, 3.63) is 52.9 Å². The molecule has 23 heavy (non-hydrogen) atoms. The molecule has 0 radical (unpaired) electrons. The molecule has 0 aliphatic heterocycles. The summed E-state index contributed by atoms with van der Waals surface area (Å²) in [6, 6.07) is 10.9. The van der Waals surface area contributed by atoms with Crippen LogP contribution in [0.4, 0.5) is 0 Å². The maximum Gasteiger partial charge on any atom is 0.244 e. The smallest absolute Gasteiger partial charge is 0.244 e. The average molecular weight is 376 g/mol. The molecule has 1 atom stereocenters. The van der Waals surface area contributed by atoms with Gasteiger partial charge >= 0.3 is 0 Å². The summed E-state index contributed by atoms with van der Waals surface area (Å²) in [5.74, 6) is 0.938. The largest absolute Gasteiger partial charge is 0.467 e. The summed E-state index contributed by atoms with van der Waals surface area (Å²) >= 11 is 3.44. The molecule has 118 valence electrons. The normalized spacial score (nSPS) is 12.1. The fourth-order valence-corrected chi connectivity index (χ4v) is 2.55. The van der Waals surface area contributed by atoms with Crippen LogP contribution in [-0.4, -0.2) is 26.1 Å². The minimum absolute atomic E-state index is 0.0114. The zero-order valence-electron chi connectivity index (χ0n) is 12.3. The molecule has 0 aliphatic rings. The molecule has 1 N–H and O–H groups in total. The lowest BCUT2D eigenvalue weighted by atomic mass is 10.2. The number of carbonyl (C=O) groups excluding carboxylic acids is 1. The van der Waals surface area contributed by atoms with Gasteiger partial charge in [-0.2, -0.15) is 4.80 Å². The van der Waals surface area contributed by atoms with Crippen molar-refractivity contribution in [2.24, 2.45) is 0 Å². The predicted octanol–water partition coefficient (Wildman–Crippen LogP) is 2.57. The van der Waals surface area contributed by atoms with E-state index in [1.807, 2.05) is 37.3 Å². The van der Waals surface area contributed by atoms with Gasteiger partial charge in [-0.25, -0.2) is 0 Å². The van der Waals surface area contributed by atoms with E-state index in [1.165, 1.54) is 4.80 Å². The molecule has 0 spiro atoms. The van der Waals surface area contributed by atoms with E-state index in [4.69, 9.17) is 4.42 Å². The molecular formula is C15H14BrN5O2. The minimum Gasteiger partial charge on any atom is -0.467 e. The number of tetrazole rings is 1. The van der Waals surface area contributed by atoms with E-state index in [0.717, 1.165) is 10.0 Å². The van der Waals surface area contributed by atoms with Crippen LogP contribution in [-0.2, 0) is 11.3 Å². The van der Waals surface area contributed by atoms with Gasteiger partial charge in [-0.05, 0) is 36.4 Å². The fourth-order valence-electron chi connectivity index (χ4n) is 2.08. The zero-order valence-corrected chi connectivity index (χ0v) is 13.9. The standard InChI is InChI=1S/C15H14BrN5O2/c1-10(13-7-4-8-23-13)17-14(22)9-21-19-15(18-20-21)11-5-2-3-6-12(11)16/h2-8,10H,9H2,1H3,(H,17,22)/t10-/m0/s1. The van der Waals surface area contributed by atoms with Crippen molar-refractivity contribution in [1.29, 1.82) is 0 Å². The van der Waals surface area contributed by atoms with Gasteiger partial charge in [0.2, 0.25) is 11.7 Å². The number of hydrogen-bond acceptors (Lipinski definition) is 5. The highest BCUT2D eigenvalue weighted by Gasteiger charge is 2.14. The van der Waals surface area contributed by atoms with Crippen molar-refractivity contribution in [3.63, 3.8) is 0 Å². The summed E-state index contributed by atoms with van der Waals surface area (Å²) in [6.07, 6.45) is 1.57. The number of aromatic nitrogens is 4. The second-order valence-corrected chi connectivity index (χ2v) is 5.78. The van der Waals surface area contributed by atoms with Gasteiger partial charge in [0, 0.05) is 10.0 Å². The topological polar surface area (TPSA) is 85.8 Å². The van der Waals surface area contributed by atoms with Gasteiger partial charge in [-0.15, -0.1) is 10.2 Å². The highest BCUT2D eigenvalue weighted by atomic mass is 79.9. The Balaban J connectivity index is 1.65. The molecule has 0 bridgehead atoms. The summed E-state index contributed by atoms with van der Waals surface area (Å²) in [7, 11) is 0. The van der Waals surface area contributed by atoms with E-state index in [2.05, 4.69) is 36.7 Å². The van der Waals surface area contributed by atoms with Crippen molar-refractivity contribution in [2.75, 3.05) is 0 Å². The van der Waals surface area contributed by atoms with Gasteiger partial charge in [0.25, 0.3) is 0 Å². The Hall–Kier alpha value is -2.48. The number of halogens is 1. The second kappa shape index (κ2) is 6.74. The van der Waals surface area contributed by atoms with Gasteiger partial charge in [0.05, 0.1) is 12.3 Å². The number of hydrogen-bond donors (Lipinski definition) is 1. The maximum absolute atomic E-state index is 12.0. The Kier molecular flexibility index (Phi) is 4.52. The first-order valence-electron chi connectivity index (χ1n) is 6.99. The van der Waals surface area contributed by atoms with E-state index in [1.54, 1.807) is 12.3 Å². The molecule has 2 heterocycles. The first kappa shape index (κ1) is 15.4. The molecular weight excluding hydrogens is 362 g/mol. The molecule has 0 aliphatic carbocycles. The molecule has 8 heteroatoms. The molecule has 3 aromatic rings. The van der Waals surface area contributed by atoms with Crippen LogP contribution in [0.15, 0.2) is 51.6 Å². The van der Waals surface area contributed by atoms with Crippen LogP contribution < -0.4 is 5.32 Å². The summed E-state index contributed by atoms with van der Waals surface area (Å²) in [5, 5.41) is 14.9. The number of furan rings is 1. The van der Waals surface area contributed by atoms with Crippen molar-refractivity contribution >= 4 is 21.8 Å². The summed E-state index contributed by atoms with van der Waals surface area (Å²) < 4.78 is 6.12. The van der Waals surface area contributed by atoms with Crippen LogP contribution in [0.5, 0.6) is 0 Å². The van der Waals surface area contributed by atoms with Gasteiger partial charge in [0.1, 0.15) is 12.3 Å². The third-order valence-electron chi connectivity index (χ3n) is 3.20. The third kappa shape index (κ3) is 3.65. The van der Waals surface area contributed by atoms with E-state index in [0.29, 0.717) is 11.6 Å². The lowest BCUT2D eigenvalue weighted by Crippen LogP contribution is -2.30. The van der Waals surface area contributed by atoms with Crippen LogP contribution in [0.25, 0.3) is 11.4 Å². The number of nitrogens with one attached hydrogen (secondary N) is 1. The van der Waals surface area contributed by atoms with Crippen molar-refractivity contribution in [3.8, 4) is 11.4 Å². The average Bonchev–Trinajstić information content (AvgIpc) is 3.19. The molecule has 0 saturated heterocycles. The van der Waals surface area contributed by atoms with E-state index >= 15 is 0 Å². The number of carbonyl (C=O) groups is 1. The molecule has 0 saturated carbocycles. The van der Waals surface area contributed by atoms with Crippen LogP contribution >= 0.6 is 15.9 Å². The Labute approximate surface area is 140 Å². The summed E-state index contributed by atoms with van der Waals surface area (Å²) in [5.41, 5.74) is 0.822. The van der Waals surface area contributed by atoms with Gasteiger partial charge in [-0.1, -0.05) is 28.1 Å². The molecule has 1 amide bonds. The molecule has 7 nitrogen and oxygen atoms in total. The minimum atomic E-state index is -0.219. The predicted molar refractivity (Wildman–Crippen MR) is 86.2 cm³/mol. The van der Waals surface area contributed by atoms with Crippen molar-refractivity contribution in [2.45, 2.75) is 19.5 Å². The summed E-state index contributed by atoms with van der Waals surface area (Å²) in [6.45, 7) is 1.83. The number of amides is 1. The van der Waals surface area contributed by atoms with Crippen LogP contribution in [0, 0.1) is 0 Å². The highest BCUT2D eigenvalue weighted by molar-refractivity contribution is 9.10. The Morgan fingerprint density at radius 2 is 2.17 bits per heavy atom. The molecule has 2 aromatic heterocycles. The highest BCUT2D eigenvalue weighted by Crippen LogP contribution is 2.24. The number of benzene rings is 1. The molecule has 0 fully saturated rings. The lowest BCUT2D eigenvalue weighted by Gasteiger charge is -2.10. The zero-order chi connectivity index (χ0) is 16.2. The Morgan fingerprint density at radius 3 is 2.91 bits per heavy atom. The van der Waals surface area contributed by atoms with Gasteiger partial charge < -0.3 is 9.73 Å². The van der Waals surface area contributed by atoms with Crippen LogP contribution in [0.2, 0.25) is 0 Å². The van der Waals surface area contributed by atoms with Crippen LogP contribution in [0.1, 0.15) is 18.7 Å². The summed E-state index contributed by atoms with van der Waals surface area (Å²) in [4.78, 5) is 13.3. The van der Waals surface area contributed by atoms with Crippen molar-refractivity contribution < 1.29 is 9.21 Å². The Morgan fingerprint density at radius 1 is 1.35 bits per heavy atom. The fraction of sp³-hybridized carbons (Fsp3) is 0.200. The van der Waals surface area contributed by atoms with Crippen molar-refractivity contribution in [1.82, 2.24) is 25.5 Å². The quantitative estimate of drug-likeness (QED) is 0.740. The lowest BCUT2D eigenvalue weighted by molar-refractivity contribution is -0.122. The molecule has 3 rings (SSSR count). The SMILES string of the molecule is C[C@H](NC(=O)Cn1nnc(-c2ccccc2Br)n1)c1ccco1. The van der Waals surface area contributed by atoms with E-state index in [9.17, 15) is 4.79 Å². The first-order chi connectivity index (χ1) is 11.1. The monoisotopic (exact) mass is 375 g/mol. The maximum atomic E-state index is 12.0. The van der Waals surface area contributed by atoms with Crippen LogP contribution in [0.3, 0.4) is 0 Å². The third-order valence-corrected chi connectivity index (χ3v) is 3.89. The second-order valence-electron chi connectivity index (χ2n) is 4.93. The van der Waals surface area contributed by atoms with E-state index in [-0.39, 0.29) is 18.5 Å². The Bertz CT molecular complexity index is 800. The van der Waals surface area contributed by atoms with Gasteiger partial charge in [0.15, 0.2) is 0 Å². The first-order valence-corrected chi connectivity index (χ1v) is 7.78. The number of rotatable bonds is 5. The number of nitrogens with zero attached hydrogens (tertiary/aromatic N) is 4. The molecule has 1 aromatic carbocycles.